The van der Waals surface area contributed by atoms with Crippen molar-refractivity contribution < 1.29 is 4.79 Å². The molecule has 4 nitrogen and oxygen atoms in total. The second-order valence-electron chi connectivity index (χ2n) is 5.22. The van der Waals surface area contributed by atoms with Gasteiger partial charge in [-0.1, -0.05) is 30.0 Å². The summed E-state index contributed by atoms with van der Waals surface area (Å²) in [5.74, 6) is -0.135. The average molecular weight is 369 g/mol. The molecular weight excluding hydrogens is 358 g/mol. The van der Waals surface area contributed by atoms with E-state index in [1.165, 1.54) is 11.8 Å². The maximum absolute atomic E-state index is 11.7. The van der Waals surface area contributed by atoms with Crippen LogP contribution in [-0.2, 0) is 4.79 Å². The van der Waals surface area contributed by atoms with E-state index in [2.05, 4.69) is 21.7 Å². The highest BCUT2D eigenvalue weighted by molar-refractivity contribution is 8.26. The Morgan fingerprint density at radius 3 is 2.88 bits per heavy atom. The van der Waals surface area contributed by atoms with Gasteiger partial charge in [0.25, 0.3) is 5.91 Å². The topological polar surface area (TPSA) is 68.0 Å². The summed E-state index contributed by atoms with van der Waals surface area (Å²) < 4.78 is 0.500. The number of benzene rings is 1. The second-order valence-corrected chi connectivity index (χ2v) is 7.88. The van der Waals surface area contributed by atoms with E-state index in [9.17, 15) is 4.79 Å². The lowest BCUT2D eigenvalue weighted by Crippen LogP contribution is -2.17. The van der Waals surface area contributed by atoms with Crippen molar-refractivity contribution >= 4 is 68.2 Å². The van der Waals surface area contributed by atoms with Crippen LogP contribution < -0.4 is 11.1 Å². The molecule has 0 saturated carbocycles. The van der Waals surface area contributed by atoms with Crippen LogP contribution in [0.2, 0.25) is 0 Å². The molecule has 1 amide bonds. The largest absolute Gasteiger partial charge is 0.398 e. The zero-order valence-electron chi connectivity index (χ0n) is 12.3. The molecule has 1 aliphatic rings. The lowest BCUT2D eigenvalue weighted by molar-refractivity contribution is -0.115. The SMILES string of the molecule is Nc1ccnc2ccc(-c3csc(/C=C4\SC(=S)NC4=O)c3)cc12. The number of nitrogens with two attached hydrogens (primary N) is 1. The zero-order chi connectivity index (χ0) is 16.7. The first-order valence-electron chi connectivity index (χ1n) is 7.08. The molecule has 1 fully saturated rings. The number of carbonyl (C=O) groups excluding carboxylic acids is 1. The van der Waals surface area contributed by atoms with Gasteiger partial charge >= 0.3 is 0 Å². The quantitative estimate of drug-likeness (QED) is 0.527. The Balaban J connectivity index is 1.70. The van der Waals surface area contributed by atoms with Crippen molar-refractivity contribution in [3.05, 3.63) is 51.7 Å². The molecule has 4 rings (SSSR count). The number of amides is 1. The molecule has 7 heteroatoms. The highest BCUT2D eigenvalue weighted by atomic mass is 32.2. The Kier molecular flexibility index (Phi) is 3.84. The Morgan fingerprint density at radius 2 is 2.08 bits per heavy atom. The lowest BCUT2D eigenvalue weighted by atomic mass is 10.0. The number of carbonyl (C=O) groups is 1. The zero-order valence-corrected chi connectivity index (χ0v) is 14.7. The number of nitrogens with one attached hydrogen (secondary N) is 1. The smallest absolute Gasteiger partial charge is 0.263 e. The van der Waals surface area contributed by atoms with Gasteiger partial charge in [0.05, 0.1) is 10.4 Å². The van der Waals surface area contributed by atoms with E-state index < -0.39 is 0 Å². The molecule has 1 aromatic carbocycles. The number of fused-ring (bicyclic) bond motifs is 1. The Morgan fingerprint density at radius 1 is 1.21 bits per heavy atom. The van der Waals surface area contributed by atoms with Crippen molar-refractivity contribution in [2.24, 2.45) is 0 Å². The van der Waals surface area contributed by atoms with E-state index in [-0.39, 0.29) is 5.91 Å². The van der Waals surface area contributed by atoms with Crippen molar-refractivity contribution in [1.82, 2.24) is 10.3 Å². The average Bonchev–Trinajstić information content (AvgIpc) is 3.15. The number of rotatable bonds is 2. The molecule has 3 aromatic rings. The molecule has 3 N–H and O–H groups in total. The Bertz CT molecular complexity index is 1020. The van der Waals surface area contributed by atoms with Crippen molar-refractivity contribution in [3.63, 3.8) is 0 Å². The summed E-state index contributed by atoms with van der Waals surface area (Å²) in [7, 11) is 0. The van der Waals surface area contributed by atoms with Crippen LogP contribution in [0, 0.1) is 0 Å². The molecule has 0 unspecified atom stereocenters. The Labute approximate surface area is 151 Å². The third-order valence-electron chi connectivity index (χ3n) is 3.64. The third kappa shape index (κ3) is 2.82. The van der Waals surface area contributed by atoms with Gasteiger partial charge in [-0.15, -0.1) is 11.3 Å². The molecule has 3 heterocycles. The minimum Gasteiger partial charge on any atom is -0.398 e. The first kappa shape index (κ1) is 15.3. The minimum absolute atomic E-state index is 0.135. The second kappa shape index (κ2) is 6.01. The van der Waals surface area contributed by atoms with Gasteiger partial charge in [-0.3, -0.25) is 9.78 Å². The Hall–Kier alpha value is -2.22. The van der Waals surface area contributed by atoms with Gasteiger partial charge in [-0.25, -0.2) is 0 Å². The van der Waals surface area contributed by atoms with Gasteiger partial charge in [-0.2, -0.15) is 0 Å². The first-order chi connectivity index (χ1) is 11.6. The number of anilines is 1. The molecule has 0 aliphatic carbocycles. The van der Waals surface area contributed by atoms with E-state index in [4.69, 9.17) is 18.0 Å². The molecule has 0 atom stereocenters. The van der Waals surface area contributed by atoms with Crippen molar-refractivity contribution in [2.75, 3.05) is 5.73 Å². The molecular formula is C17H11N3OS3. The van der Waals surface area contributed by atoms with Crippen LogP contribution in [0.4, 0.5) is 5.69 Å². The standard InChI is InChI=1S/C17H11N3OS3/c18-13-3-4-19-14-2-1-9(6-12(13)14)10-5-11(23-8-10)7-15-16(21)20-17(22)24-15/h1-8H,(H2,18,19)(H,20,21,22)/b15-7-. The van der Waals surface area contributed by atoms with E-state index in [1.807, 2.05) is 24.3 Å². The van der Waals surface area contributed by atoms with Crippen LogP contribution >= 0.6 is 35.3 Å². The van der Waals surface area contributed by atoms with Crippen LogP contribution in [0.5, 0.6) is 0 Å². The normalized spacial score (nSPS) is 16.1. The molecule has 0 radical (unpaired) electrons. The van der Waals surface area contributed by atoms with E-state index in [0.29, 0.717) is 14.9 Å². The van der Waals surface area contributed by atoms with E-state index in [0.717, 1.165) is 26.9 Å². The number of aromatic nitrogens is 1. The third-order valence-corrected chi connectivity index (χ3v) is 5.69. The fourth-order valence-corrected chi connectivity index (χ4v) is 4.43. The van der Waals surface area contributed by atoms with Crippen molar-refractivity contribution in [1.29, 1.82) is 0 Å². The first-order valence-corrected chi connectivity index (χ1v) is 9.18. The summed E-state index contributed by atoms with van der Waals surface area (Å²) in [6.45, 7) is 0. The van der Waals surface area contributed by atoms with E-state index in [1.54, 1.807) is 23.6 Å². The van der Waals surface area contributed by atoms with Gasteiger partial charge in [0.1, 0.15) is 4.32 Å². The van der Waals surface area contributed by atoms with Gasteiger partial charge in [0.15, 0.2) is 0 Å². The molecule has 1 aliphatic heterocycles. The van der Waals surface area contributed by atoms with E-state index >= 15 is 0 Å². The number of nitrogen functional groups attached to an aromatic ring is 1. The maximum atomic E-state index is 11.7. The van der Waals surface area contributed by atoms with Crippen LogP contribution in [0.15, 0.2) is 46.8 Å². The van der Waals surface area contributed by atoms with Crippen molar-refractivity contribution in [3.8, 4) is 11.1 Å². The number of hydrogen-bond donors (Lipinski definition) is 2. The molecule has 2 aromatic heterocycles. The predicted molar refractivity (Wildman–Crippen MR) is 106 cm³/mol. The predicted octanol–water partition coefficient (Wildman–Crippen LogP) is 4.03. The number of thiophene rings is 1. The van der Waals surface area contributed by atoms with Gasteiger partial charge in [0, 0.05) is 22.1 Å². The van der Waals surface area contributed by atoms with Gasteiger partial charge < -0.3 is 11.1 Å². The molecule has 1 saturated heterocycles. The highest BCUT2D eigenvalue weighted by Crippen LogP contribution is 2.32. The van der Waals surface area contributed by atoms with Crippen LogP contribution in [0.25, 0.3) is 28.1 Å². The summed E-state index contributed by atoms with van der Waals surface area (Å²) in [5.41, 5.74) is 9.79. The molecule has 0 spiro atoms. The van der Waals surface area contributed by atoms with Crippen LogP contribution in [0.1, 0.15) is 4.88 Å². The van der Waals surface area contributed by atoms with Crippen LogP contribution in [0.3, 0.4) is 0 Å². The maximum Gasteiger partial charge on any atom is 0.263 e. The lowest BCUT2D eigenvalue weighted by Gasteiger charge is -2.03. The van der Waals surface area contributed by atoms with Crippen LogP contribution in [-0.4, -0.2) is 15.2 Å². The van der Waals surface area contributed by atoms with Gasteiger partial charge in [-0.05, 0) is 46.8 Å². The monoisotopic (exact) mass is 369 g/mol. The number of thiocarbonyl (C=S) groups is 1. The minimum atomic E-state index is -0.135. The summed E-state index contributed by atoms with van der Waals surface area (Å²) in [6, 6.07) is 9.90. The highest BCUT2D eigenvalue weighted by Gasteiger charge is 2.22. The molecule has 24 heavy (non-hydrogen) atoms. The summed E-state index contributed by atoms with van der Waals surface area (Å²) in [5, 5.41) is 5.63. The number of nitrogens with zero attached hydrogens (tertiary/aromatic N) is 1. The number of hydrogen-bond acceptors (Lipinski definition) is 6. The number of thioether (sulfide) groups is 1. The fraction of sp³-hybridized carbons (Fsp3) is 0. The summed E-state index contributed by atoms with van der Waals surface area (Å²) in [4.78, 5) is 17.7. The fourth-order valence-electron chi connectivity index (χ4n) is 2.48. The molecule has 118 valence electrons. The van der Waals surface area contributed by atoms with Gasteiger partial charge in [0.2, 0.25) is 0 Å². The molecule has 0 bridgehead atoms. The summed E-state index contributed by atoms with van der Waals surface area (Å²) in [6.07, 6.45) is 3.57. The van der Waals surface area contributed by atoms with Crippen molar-refractivity contribution in [2.45, 2.75) is 0 Å². The summed E-state index contributed by atoms with van der Waals surface area (Å²) >= 11 is 7.88. The number of pyridine rings is 1.